The molecule has 1 amide bonds. The van der Waals surface area contributed by atoms with Crippen molar-refractivity contribution in [1.29, 1.82) is 0 Å². The zero-order valence-corrected chi connectivity index (χ0v) is 23.2. The van der Waals surface area contributed by atoms with E-state index in [9.17, 15) is 14.4 Å². The molecule has 0 heterocycles. The van der Waals surface area contributed by atoms with Crippen molar-refractivity contribution in [3.8, 4) is 5.75 Å². The minimum atomic E-state index is -1.12. The number of hydrogen-bond acceptors (Lipinski definition) is 6. The fourth-order valence-electron chi connectivity index (χ4n) is 3.41. The first-order valence-corrected chi connectivity index (χ1v) is 13.3. The zero-order chi connectivity index (χ0) is 27.8. The van der Waals surface area contributed by atoms with E-state index >= 15 is 0 Å². The number of Topliss-reactive ketones (excluding diaryl/α,β-unsaturated/α-hetero) is 1. The summed E-state index contributed by atoms with van der Waals surface area (Å²) in [6, 6.07) is 13.4. The summed E-state index contributed by atoms with van der Waals surface area (Å²) >= 11 is 5.88. The molecule has 0 aliphatic heterocycles. The van der Waals surface area contributed by atoms with Crippen LogP contribution < -0.4 is 10.1 Å². The second-order valence-corrected chi connectivity index (χ2v) is 9.62. The van der Waals surface area contributed by atoms with Gasteiger partial charge in [0.1, 0.15) is 11.5 Å². The number of ether oxygens (including phenoxy) is 3. The number of hydrogen-bond donors (Lipinski definition) is 1. The first-order chi connectivity index (χ1) is 18.2. The molecule has 2 aromatic carbocycles. The van der Waals surface area contributed by atoms with E-state index in [1.54, 1.807) is 62.4 Å². The van der Waals surface area contributed by atoms with Crippen molar-refractivity contribution >= 4 is 29.1 Å². The molecule has 0 saturated carbocycles. The predicted octanol–water partition coefficient (Wildman–Crippen LogP) is 5.58. The Morgan fingerprint density at radius 1 is 0.868 bits per heavy atom. The average Bonchev–Trinajstić information content (AvgIpc) is 2.90. The molecule has 2 aromatic rings. The fraction of sp³-hybridized carbons (Fsp3) is 0.433. The van der Waals surface area contributed by atoms with Crippen molar-refractivity contribution < 1.29 is 28.6 Å². The number of rotatable bonds is 18. The van der Waals surface area contributed by atoms with Gasteiger partial charge in [-0.3, -0.25) is 14.4 Å². The molecule has 0 radical (unpaired) electrons. The molecule has 8 heteroatoms. The van der Waals surface area contributed by atoms with Gasteiger partial charge in [0.2, 0.25) is 0 Å². The van der Waals surface area contributed by atoms with Gasteiger partial charge in [-0.1, -0.05) is 30.7 Å². The highest BCUT2D eigenvalue weighted by atomic mass is 35.5. The van der Waals surface area contributed by atoms with Gasteiger partial charge in [0.05, 0.1) is 19.8 Å². The number of ketones is 2. The van der Waals surface area contributed by atoms with Crippen LogP contribution in [0.5, 0.6) is 5.75 Å². The van der Waals surface area contributed by atoms with E-state index in [2.05, 4.69) is 5.32 Å². The van der Waals surface area contributed by atoms with E-state index in [1.165, 1.54) is 0 Å². The summed E-state index contributed by atoms with van der Waals surface area (Å²) in [6.07, 6.45) is 6.55. The summed E-state index contributed by atoms with van der Waals surface area (Å²) in [6.45, 7) is 7.42. The number of carbonyl (C=O) groups excluding carboxylic acids is 3. The van der Waals surface area contributed by atoms with Gasteiger partial charge in [-0.25, -0.2) is 0 Å². The van der Waals surface area contributed by atoms with E-state index in [0.717, 1.165) is 6.42 Å². The van der Waals surface area contributed by atoms with Crippen molar-refractivity contribution in [2.24, 2.45) is 0 Å². The van der Waals surface area contributed by atoms with Gasteiger partial charge < -0.3 is 19.5 Å². The van der Waals surface area contributed by atoms with Crippen molar-refractivity contribution in [2.45, 2.75) is 52.1 Å². The first kappa shape index (κ1) is 31.2. The summed E-state index contributed by atoms with van der Waals surface area (Å²) in [4.78, 5) is 36.9. The van der Waals surface area contributed by atoms with Crippen LogP contribution in [0.3, 0.4) is 0 Å². The van der Waals surface area contributed by atoms with Crippen molar-refractivity contribution in [2.75, 3.05) is 33.0 Å². The summed E-state index contributed by atoms with van der Waals surface area (Å²) in [5.74, 6) is 0.294. The lowest BCUT2D eigenvalue weighted by Crippen LogP contribution is -2.47. The van der Waals surface area contributed by atoms with Crippen LogP contribution in [0.15, 0.2) is 60.7 Å². The third-order valence-electron chi connectivity index (χ3n) is 5.54. The van der Waals surface area contributed by atoms with Crippen molar-refractivity contribution in [1.82, 2.24) is 5.32 Å². The number of halogens is 1. The summed E-state index contributed by atoms with van der Waals surface area (Å²) in [5.41, 5.74) is -0.0651. The van der Waals surface area contributed by atoms with Crippen LogP contribution >= 0.6 is 11.6 Å². The minimum absolute atomic E-state index is 0.124. The van der Waals surface area contributed by atoms with Crippen molar-refractivity contribution in [3.63, 3.8) is 0 Å². The van der Waals surface area contributed by atoms with Gasteiger partial charge in [0.15, 0.2) is 11.4 Å². The van der Waals surface area contributed by atoms with Gasteiger partial charge in [-0.15, -0.1) is 0 Å². The Labute approximate surface area is 230 Å². The maximum atomic E-state index is 12.6. The van der Waals surface area contributed by atoms with E-state index in [1.807, 2.05) is 19.1 Å². The van der Waals surface area contributed by atoms with Gasteiger partial charge in [-0.2, -0.15) is 0 Å². The molecule has 0 aromatic heterocycles. The molecule has 0 aliphatic carbocycles. The second-order valence-electron chi connectivity index (χ2n) is 9.18. The normalized spacial score (nSPS) is 11.5. The number of carbonyl (C=O) groups is 3. The molecule has 0 bridgehead atoms. The molecule has 0 unspecified atom stereocenters. The molecular weight excluding hydrogens is 506 g/mol. The summed E-state index contributed by atoms with van der Waals surface area (Å²) < 4.78 is 16.8. The number of allylic oxidation sites excluding steroid dienone is 2. The van der Waals surface area contributed by atoms with Crippen LogP contribution in [0.25, 0.3) is 0 Å². The minimum Gasteiger partial charge on any atom is -0.478 e. The molecule has 0 atom stereocenters. The molecule has 7 nitrogen and oxygen atoms in total. The smallest absolute Gasteiger partial charge is 0.263 e. The Morgan fingerprint density at radius 2 is 1.47 bits per heavy atom. The Balaban J connectivity index is 1.61. The van der Waals surface area contributed by atoms with Crippen LogP contribution in [0.4, 0.5) is 0 Å². The van der Waals surface area contributed by atoms with Crippen LogP contribution in [-0.2, 0) is 19.1 Å². The lowest BCUT2D eigenvalue weighted by Gasteiger charge is -2.25. The Morgan fingerprint density at radius 3 is 2.11 bits per heavy atom. The highest BCUT2D eigenvalue weighted by Crippen LogP contribution is 2.21. The Hall–Kier alpha value is -3.00. The first-order valence-electron chi connectivity index (χ1n) is 12.9. The fourth-order valence-corrected chi connectivity index (χ4v) is 3.54. The van der Waals surface area contributed by atoms with E-state index in [4.69, 9.17) is 25.8 Å². The third-order valence-corrected chi connectivity index (χ3v) is 5.79. The molecule has 0 aliphatic rings. The van der Waals surface area contributed by atoms with E-state index < -0.39 is 5.60 Å². The standard InChI is InChI=1S/C30H38ClNO6/c1-4-5-6-8-26(33)9-7-19-36-21-22-37-20-18-32-29(35)30(2,3)38-27-16-12-24(13-17-27)28(34)23-10-14-25(31)15-11-23/h5-6,10-17H,4,7-9,18-22H2,1-3H3,(H,32,35)/b6-5-. The molecular formula is C30H38ClNO6. The second kappa shape index (κ2) is 16.8. The zero-order valence-electron chi connectivity index (χ0n) is 22.5. The van der Waals surface area contributed by atoms with Gasteiger partial charge >= 0.3 is 0 Å². The number of nitrogens with one attached hydrogen (secondary N) is 1. The molecule has 0 spiro atoms. The van der Waals surface area contributed by atoms with Crippen LogP contribution in [0, 0.1) is 0 Å². The van der Waals surface area contributed by atoms with Crippen LogP contribution in [0.2, 0.25) is 5.02 Å². The Kier molecular flexibility index (Phi) is 13.8. The average molecular weight is 544 g/mol. The lowest BCUT2D eigenvalue weighted by atomic mass is 10.0. The van der Waals surface area contributed by atoms with E-state index in [-0.39, 0.29) is 17.5 Å². The monoisotopic (exact) mass is 543 g/mol. The van der Waals surface area contributed by atoms with Gasteiger partial charge in [0, 0.05) is 42.1 Å². The molecule has 206 valence electrons. The highest BCUT2D eigenvalue weighted by molar-refractivity contribution is 6.30. The predicted molar refractivity (Wildman–Crippen MR) is 149 cm³/mol. The Bertz CT molecular complexity index is 1050. The number of amides is 1. The molecule has 38 heavy (non-hydrogen) atoms. The van der Waals surface area contributed by atoms with Crippen LogP contribution in [-0.4, -0.2) is 56.0 Å². The third kappa shape index (κ3) is 11.6. The maximum Gasteiger partial charge on any atom is 0.263 e. The summed E-state index contributed by atoms with van der Waals surface area (Å²) in [7, 11) is 0. The topological polar surface area (TPSA) is 90.9 Å². The van der Waals surface area contributed by atoms with Crippen molar-refractivity contribution in [3.05, 3.63) is 76.8 Å². The largest absolute Gasteiger partial charge is 0.478 e. The van der Waals surface area contributed by atoms with Gasteiger partial charge in [0.25, 0.3) is 5.91 Å². The molecule has 2 rings (SSSR count). The molecule has 0 saturated heterocycles. The maximum absolute atomic E-state index is 12.6. The quantitative estimate of drug-likeness (QED) is 0.150. The van der Waals surface area contributed by atoms with Gasteiger partial charge in [-0.05, 0) is 75.2 Å². The summed E-state index contributed by atoms with van der Waals surface area (Å²) in [5, 5.41) is 3.37. The molecule has 1 N–H and O–H groups in total. The number of benzene rings is 2. The van der Waals surface area contributed by atoms with Crippen LogP contribution in [0.1, 0.15) is 62.4 Å². The highest BCUT2D eigenvalue weighted by Gasteiger charge is 2.29. The lowest BCUT2D eigenvalue weighted by molar-refractivity contribution is -0.134. The molecule has 0 fully saturated rings. The van der Waals surface area contributed by atoms with E-state index in [0.29, 0.717) is 74.1 Å². The SMILES string of the molecule is CC/C=C\CC(=O)CCCOCCOCCNC(=O)C(C)(C)Oc1ccc(C(=O)c2ccc(Cl)cc2)cc1.